The van der Waals surface area contributed by atoms with Crippen LogP contribution >= 0.6 is 0 Å². The van der Waals surface area contributed by atoms with E-state index >= 15 is 0 Å². The van der Waals surface area contributed by atoms with Crippen molar-refractivity contribution in [1.29, 1.82) is 0 Å². The number of aromatic nitrogens is 2. The second-order valence-electron chi connectivity index (χ2n) is 5.14. The topological polar surface area (TPSA) is 80.9 Å². The van der Waals surface area contributed by atoms with Crippen LogP contribution in [0.3, 0.4) is 0 Å². The fourth-order valence-corrected chi connectivity index (χ4v) is 2.31. The Morgan fingerprint density at radius 3 is 2.30 bits per heavy atom. The van der Waals surface area contributed by atoms with Crippen LogP contribution in [0.2, 0.25) is 0 Å². The van der Waals surface area contributed by atoms with Crippen LogP contribution in [-0.4, -0.2) is 21.9 Å². The zero-order valence-corrected chi connectivity index (χ0v) is 12.2. The first kappa shape index (κ1) is 14.9. The van der Waals surface area contributed by atoms with Gasteiger partial charge in [-0.05, 0) is 17.7 Å². The van der Waals surface area contributed by atoms with Crippen LogP contribution in [0.4, 0.5) is 10.2 Å². The Kier molecular flexibility index (Phi) is 4.14. The lowest BCUT2D eigenvalue weighted by atomic mass is 10.1. The molecule has 5 nitrogen and oxygen atoms in total. The van der Waals surface area contributed by atoms with Gasteiger partial charge in [0.2, 0.25) is 5.91 Å². The number of rotatable bonds is 5. The maximum Gasteiger partial charge on any atom is 0.256 e. The molecule has 1 atom stereocenters. The van der Waals surface area contributed by atoms with Gasteiger partial charge < -0.3 is 11.1 Å². The van der Waals surface area contributed by atoms with Crippen LogP contribution in [0.25, 0.3) is 11.0 Å². The number of hydrogen-bond donors (Lipinski definition) is 2. The third-order valence-corrected chi connectivity index (χ3v) is 3.47. The molecule has 1 aromatic heterocycles. The second kappa shape index (κ2) is 6.39. The number of nitrogens with one attached hydrogen (secondary N) is 1. The largest absolute Gasteiger partial charge is 0.368 e. The van der Waals surface area contributed by atoms with Crippen LogP contribution in [0.15, 0.2) is 54.6 Å². The van der Waals surface area contributed by atoms with Crippen LogP contribution in [0.1, 0.15) is 5.56 Å². The van der Waals surface area contributed by atoms with Crippen molar-refractivity contribution in [2.45, 2.75) is 12.5 Å². The van der Waals surface area contributed by atoms with Gasteiger partial charge in [0.1, 0.15) is 6.04 Å². The highest BCUT2D eigenvalue weighted by Gasteiger charge is 2.19. The summed E-state index contributed by atoms with van der Waals surface area (Å²) in [6.45, 7) is 0. The molecule has 6 heteroatoms. The molecule has 0 spiro atoms. The third-order valence-electron chi connectivity index (χ3n) is 3.47. The lowest BCUT2D eigenvalue weighted by molar-refractivity contribution is -0.118. The van der Waals surface area contributed by atoms with Crippen molar-refractivity contribution < 1.29 is 9.18 Å². The lowest BCUT2D eigenvalue weighted by Gasteiger charge is -2.16. The Bertz CT molecular complexity index is 838. The number of para-hydroxylation sites is 2. The first-order valence-electron chi connectivity index (χ1n) is 7.15. The van der Waals surface area contributed by atoms with Gasteiger partial charge in [0.25, 0.3) is 5.95 Å². The molecule has 0 saturated carbocycles. The van der Waals surface area contributed by atoms with E-state index in [9.17, 15) is 9.18 Å². The van der Waals surface area contributed by atoms with Gasteiger partial charge in [0.05, 0.1) is 11.0 Å². The Hall–Kier alpha value is -3.02. The molecule has 1 unspecified atom stereocenters. The highest BCUT2D eigenvalue weighted by Crippen LogP contribution is 2.17. The predicted molar refractivity (Wildman–Crippen MR) is 86.2 cm³/mol. The molecule has 3 aromatic rings. The van der Waals surface area contributed by atoms with Gasteiger partial charge in [-0.15, -0.1) is 0 Å². The highest BCUT2D eigenvalue weighted by molar-refractivity contribution is 5.83. The Morgan fingerprint density at radius 2 is 1.65 bits per heavy atom. The Balaban J connectivity index is 1.88. The Labute approximate surface area is 132 Å². The minimum Gasteiger partial charge on any atom is -0.368 e. The molecular formula is C17H15FN4O. The molecule has 0 fully saturated rings. The van der Waals surface area contributed by atoms with E-state index in [1.807, 2.05) is 30.3 Å². The number of anilines is 1. The molecule has 3 rings (SSSR count). The molecule has 0 aliphatic heterocycles. The van der Waals surface area contributed by atoms with Crippen LogP contribution in [0, 0.1) is 5.95 Å². The van der Waals surface area contributed by atoms with Gasteiger partial charge in [-0.1, -0.05) is 42.5 Å². The van der Waals surface area contributed by atoms with Crippen molar-refractivity contribution in [3.05, 3.63) is 66.1 Å². The van der Waals surface area contributed by atoms with E-state index in [1.54, 1.807) is 24.3 Å². The summed E-state index contributed by atoms with van der Waals surface area (Å²) in [4.78, 5) is 19.7. The summed E-state index contributed by atoms with van der Waals surface area (Å²) in [5, 5.41) is 2.76. The van der Waals surface area contributed by atoms with Crippen molar-refractivity contribution in [2.75, 3.05) is 5.32 Å². The maximum absolute atomic E-state index is 14.1. The first-order chi connectivity index (χ1) is 11.1. The van der Waals surface area contributed by atoms with E-state index in [1.165, 1.54) is 0 Å². The molecule has 23 heavy (non-hydrogen) atoms. The van der Waals surface area contributed by atoms with Crippen molar-refractivity contribution in [3.8, 4) is 0 Å². The lowest BCUT2D eigenvalue weighted by Crippen LogP contribution is -2.37. The van der Waals surface area contributed by atoms with Gasteiger partial charge >= 0.3 is 0 Å². The number of carbonyl (C=O) groups is 1. The SMILES string of the molecule is NC(=O)C(Cc1ccccc1)Nc1nc2ccccc2nc1F. The number of nitrogens with zero attached hydrogens (tertiary/aromatic N) is 2. The van der Waals surface area contributed by atoms with Gasteiger partial charge in [0.15, 0.2) is 5.82 Å². The standard InChI is InChI=1S/C17H15FN4O/c18-15-17(21-13-9-5-4-8-12(13)20-15)22-14(16(19)23)10-11-6-2-1-3-7-11/h1-9,14H,10H2,(H2,19,23)(H,21,22). The van der Waals surface area contributed by atoms with Crippen molar-refractivity contribution in [1.82, 2.24) is 9.97 Å². The quantitative estimate of drug-likeness (QED) is 0.757. The Morgan fingerprint density at radius 1 is 1.04 bits per heavy atom. The third kappa shape index (κ3) is 3.42. The summed E-state index contributed by atoms with van der Waals surface area (Å²) in [5.41, 5.74) is 7.33. The zero-order valence-electron chi connectivity index (χ0n) is 12.2. The van der Waals surface area contributed by atoms with E-state index in [-0.39, 0.29) is 5.82 Å². The van der Waals surface area contributed by atoms with E-state index in [0.29, 0.717) is 17.5 Å². The average molecular weight is 310 g/mol. The fraction of sp³-hybridized carbons (Fsp3) is 0.118. The molecule has 0 saturated heterocycles. The van der Waals surface area contributed by atoms with Gasteiger partial charge in [0, 0.05) is 6.42 Å². The fourth-order valence-electron chi connectivity index (χ4n) is 2.31. The number of primary amides is 1. The summed E-state index contributed by atoms with van der Waals surface area (Å²) in [7, 11) is 0. The smallest absolute Gasteiger partial charge is 0.256 e. The number of benzene rings is 2. The first-order valence-corrected chi connectivity index (χ1v) is 7.15. The summed E-state index contributed by atoms with van der Waals surface area (Å²) in [6, 6.07) is 15.5. The molecule has 2 aromatic carbocycles. The summed E-state index contributed by atoms with van der Waals surface area (Å²) >= 11 is 0. The number of nitrogens with two attached hydrogens (primary N) is 1. The van der Waals surface area contributed by atoms with Gasteiger partial charge in [-0.2, -0.15) is 4.39 Å². The highest BCUT2D eigenvalue weighted by atomic mass is 19.1. The van der Waals surface area contributed by atoms with E-state index < -0.39 is 17.9 Å². The minimum atomic E-state index is -0.776. The normalized spacial score (nSPS) is 12.0. The number of carbonyl (C=O) groups excluding carboxylic acids is 1. The molecular weight excluding hydrogens is 295 g/mol. The number of halogens is 1. The molecule has 0 aliphatic rings. The van der Waals surface area contributed by atoms with E-state index in [2.05, 4.69) is 15.3 Å². The average Bonchev–Trinajstić information content (AvgIpc) is 2.55. The monoisotopic (exact) mass is 310 g/mol. The molecule has 0 radical (unpaired) electrons. The molecule has 1 heterocycles. The predicted octanol–water partition coefficient (Wildman–Crippen LogP) is 2.28. The van der Waals surface area contributed by atoms with E-state index in [0.717, 1.165) is 5.56 Å². The molecule has 116 valence electrons. The van der Waals surface area contributed by atoms with Gasteiger partial charge in [-0.25, -0.2) is 9.97 Å². The number of hydrogen-bond acceptors (Lipinski definition) is 4. The van der Waals surface area contributed by atoms with Crippen molar-refractivity contribution in [2.24, 2.45) is 5.73 Å². The van der Waals surface area contributed by atoms with Crippen LogP contribution in [0.5, 0.6) is 0 Å². The molecule has 0 bridgehead atoms. The molecule has 1 amide bonds. The summed E-state index contributed by atoms with van der Waals surface area (Å²) < 4.78 is 14.1. The number of fused-ring (bicyclic) bond motifs is 1. The van der Waals surface area contributed by atoms with Gasteiger partial charge in [-0.3, -0.25) is 4.79 Å². The van der Waals surface area contributed by atoms with Crippen molar-refractivity contribution in [3.63, 3.8) is 0 Å². The maximum atomic E-state index is 14.1. The van der Waals surface area contributed by atoms with Crippen LogP contribution < -0.4 is 11.1 Å². The number of amides is 1. The zero-order chi connectivity index (χ0) is 16.2. The van der Waals surface area contributed by atoms with Crippen molar-refractivity contribution >= 4 is 22.8 Å². The van der Waals surface area contributed by atoms with Crippen LogP contribution in [-0.2, 0) is 11.2 Å². The molecule has 3 N–H and O–H groups in total. The summed E-state index contributed by atoms with van der Waals surface area (Å²) in [5.74, 6) is -1.42. The summed E-state index contributed by atoms with van der Waals surface area (Å²) in [6.07, 6.45) is 0.337. The van der Waals surface area contributed by atoms with E-state index in [4.69, 9.17) is 5.73 Å². The second-order valence-corrected chi connectivity index (χ2v) is 5.14. The molecule has 0 aliphatic carbocycles. The minimum absolute atomic E-state index is 0.0802.